The van der Waals surface area contributed by atoms with Crippen LogP contribution in [0.4, 0.5) is 8.78 Å². The molecule has 0 saturated heterocycles. The van der Waals surface area contributed by atoms with E-state index in [1.807, 2.05) is 6.07 Å². The summed E-state index contributed by atoms with van der Waals surface area (Å²) in [5, 5.41) is 3.62. The van der Waals surface area contributed by atoms with Gasteiger partial charge in [0.15, 0.2) is 0 Å². The quantitative estimate of drug-likeness (QED) is 0.619. The molecule has 103 valence electrons. The fourth-order valence-corrected chi connectivity index (χ4v) is 1.56. The van der Waals surface area contributed by atoms with Gasteiger partial charge in [-0.25, -0.2) is 8.78 Å². The molecule has 1 radical (unpaired) electrons. The smallest absolute Gasteiger partial charge is 0.145 e. The maximum Gasteiger partial charge on any atom is 0.145 e. The Labute approximate surface area is 115 Å². The molecule has 0 unspecified atom stereocenters. The summed E-state index contributed by atoms with van der Waals surface area (Å²) in [5.41, 5.74) is 0.839. The van der Waals surface area contributed by atoms with Gasteiger partial charge in [-0.2, -0.15) is 0 Å². The number of hydrogen-bond acceptors (Lipinski definition) is 3. The van der Waals surface area contributed by atoms with Crippen LogP contribution in [0.15, 0.2) is 47.6 Å². The number of rotatable bonds is 5. The van der Waals surface area contributed by atoms with Gasteiger partial charge >= 0.3 is 0 Å². The summed E-state index contributed by atoms with van der Waals surface area (Å²) in [7, 11) is 1.54. The van der Waals surface area contributed by atoms with Gasteiger partial charge in [0.05, 0.1) is 7.11 Å². The second kappa shape index (κ2) is 6.65. The minimum absolute atomic E-state index is 0.103. The molecule has 0 fully saturated rings. The third kappa shape index (κ3) is 3.54. The van der Waals surface area contributed by atoms with Crippen molar-refractivity contribution in [2.75, 3.05) is 7.11 Å². The van der Waals surface area contributed by atoms with Gasteiger partial charge in [-0.3, -0.25) is 0 Å². The van der Waals surface area contributed by atoms with Gasteiger partial charge in [-0.05, 0) is 24.3 Å². The molecule has 0 atom stereocenters. The first-order valence-electron chi connectivity index (χ1n) is 5.85. The second-order valence-electron chi connectivity index (χ2n) is 3.91. The van der Waals surface area contributed by atoms with Gasteiger partial charge < -0.3 is 9.57 Å². The number of para-hydroxylation sites is 1. The molecule has 5 heteroatoms. The highest BCUT2D eigenvalue weighted by atomic mass is 19.1. The van der Waals surface area contributed by atoms with Crippen LogP contribution in [0, 0.1) is 11.6 Å². The normalized spacial score (nSPS) is 10.8. The first kappa shape index (κ1) is 14.0. The topological polar surface area (TPSA) is 30.8 Å². The van der Waals surface area contributed by atoms with Crippen molar-refractivity contribution in [3.05, 3.63) is 65.2 Å². The molecular weight excluding hydrogens is 264 g/mol. The maximum absolute atomic E-state index is 13.3. The van der Waals surface area contributed by atoms with Gasteiger partial charge in [0.2, 0.25) is 0 Å². The molecule has 3 nitrogen and oxygen atoms in total. The maximum atomic E-state index is 13.3. The predicted molar refractivity (Wildman–Crippen MR) is 70.7 cm³/mol. The van der Waals surface area contributed by atoms with Crippen molar-refractivity contribution < 1.29 is 18.4 Å². The van der Waals surface area contributed by atoms with Crippen molar-refractivity contribution in [1.82, 2.24) is 0 Å². The van der Waals surface area contributed by atoms with Gasteiger partial charge in [-0.15, -0.1) is 0 Å². The molecule has 0 aliphatic heterocycles. The van der Waals surface area contributed by atoms with Crippen molar-refractivity contribution in [3.63, 3.8) is 0 Å². The fraction of sp³-hybridized carbons (Fsp3) is 0.133. The molecule has 0 spiro atoms. The van der Waals surface area contributed by atoms with E-state index in [-0.39, 0.29) is 12.2 Å². The standard InChI is InChI=1S/C15H12F2NO2/c1-19-15-5-3-2-4-11(15)9-18-20-10-12-6-7-13(16)8-14(12)17/h2-8H,10H2,1H3. The van der Waals surface area contributed by atoms with E-state index >= 15 is 0 Å². The third-order valence-electron chi connectivity index (χ3n) is 2.57. The van der Waals surface area contributed by atoms with Crippen LogP contribution in [0.5, 0.6) is 5.75 Å². The molecule has 0 bridgehead atoms. The highest BCUT2D eigenvalue weighted by Gasteiger charge is 2.04. The van der Waals surface area contributed by atoms with Crippen LogP contribution in [0.3, 0.4) is 0 Å². The summed E-state index contributed by atoms with van der Waals surface area (Å²) in [5.74, 6) is -0.694. The molecule has 2 rings (SSSR count). The van der Waals surface area contributed by atoms with Crippen LogP contribution >= 0.6 is 0 Å². The number of benzene rings is 2. The van der Waals surface area contributed by atoms with E-state index in [1.54, 1.807) is 18.2 Å². The number of halogens is 2. The van der Waals surface area contributed by atoms with Crippen LogP contribution < -0.4 is 4.74 Å². The lowest BCUT2D eigenvalue weighted by Crippen LogP contribution is -1.94. The number of methoxy groups -OCH3 is 1. The van der Waals surface area contributed by atoms with E-state index in [1.165, 1.54) is 13.2 Å². The van der Waals surface area contributed by atoms with Crippen molar-refractivity contribution in [1.29, 1.82) is 0 Å². The predicted octanol–water partition coefficient (Wildman–Crippen LogP) is 3.40. The summed E-state index contributed by atoms with van der Waals surface area (Å²) < 4.78 is 31.1. The van der Waals surface area contributed by atoms with Crippen LogP contribution in [0.25, 0.3) is 0 Å². The molecule has 0 aliphatic carbocycles. The van der Waals surface area contributed by atoms with Gasteiger partial charge in [0, 0.05) is 17.2 Å². The lowest BCUT2D eigenvalue weighted by atomic mass is 10.2. The van der Waals surface area contributed by atoms with Crippen LogP contribution in [-0.2, 0) is 11.4 Å². The SMILES string of the molecule is COc1ccccc1/[C]=N\OCc1ccc(F)cc1F. The molecule has 0 saturated carbocycles. The number of nitrogens with zero attached hydrogens (tertiary/aromatic N) is 1. The molecule has 0 aromatic heterocycles. The highest BCUT2D eigenvalue weighted by molar-refractivity contribution is 5.82. The minimum atomic E-state index is -0.669. The van der Waals surface area contributed by atoms with E-state index in [4.69, 9.17) is 9.57 Å². The van der Waals surface area contributed by atoms with Gasteiger partial charge in [-0.1, -0.05) is 17.3 Å². The lowest BCUT2D eigenvalue weighted by molar-refractivity contribution is 0.129. The average Bonchev–Trinajstić information content (AvgIpc) is 2.46. The van der Waals surface area contributed by atoms with E-state index in [9.17, 15) is 8.78 Å². The van der Waals surface area contributed by atoms with Crippen LogP contribution in [0.1, 0.15) is 11.1 Å². The molecule has 2 aromatic carbocycles. The molecule has 0 aliphatic rings. The van der Waals surface area contributed by atoms with Crippen molar-refractivity contribution >= 4 is 6.21 Å². The first-order valence-corrected chi connectivity index (χ1v) is 5.85. The zero-order valence-electron chi connectivity index (χ0n) is 10.8. The molecule has 0 amide bonds. The first-order chi connectivity index (χ1) is 9.70. The summed E-state index contributed by atoms with van der Waals surface area (Å²) in [6.07, 6.45) is 2.65. The van der Waals surface area contributed by atoms with Gasteiger partial charge in [0.25, 0.3) is 0 Å². The Morgan fingerprint density at radius 2 is 1.95 bits per heavy atom. The Balaban J connectivity index is 1.97. The Hall–Kier alpha value is -2.43. The summed E-state index contributed by atoms with van der Waals surface area (Å²) in [6, 6.07) is 10.4. The zero-order chi connectivity index (χ0) is 14.4. The Bertz CT molecular complexity index is 615. The van der Waals surface area contributed by atoms with E-state index in [2.05, 4.69) is 11.4 Å². The van der Waals surface area contributed by atoms with Crippen LogP contribution in [0.2, 0.25) is 0 Å². The Morgan fingerprint density at radius 3 is 2.70 bits per heavy atom. The largest absolute Gasteiger partial charge is 0.496 e. The lowest BCUT2D eigenvalue weighted by Gasteiger charge is -2.03. The molecule has 2 aromatic rings. The molecule has 20 heavy (non-hydrogen) atoms. The summed E-state index contributed by atoms with van der Waals surface area (Å²) in [6.45, 7) is -0.103. The molecular formula is C15H12F2NO2. The van der Waals surface area contributed by atoms with Crippen LogP contribution in [-0.4, -0.2) is 13.3 Å². The van der Waals surface area contributed by atoms with E-state index < -0.39 is 11.6 Å². The molecule has 0 N–H and O–H groups in total. The monoisotopic (exact) mass is 276 g/mol. The number of ether oxygens (including phenoxy) is 1. The summed E-state index contributed by atoms with van der Waals surface area (Å²) in [4.78, 5) is 4.94. The summed E-state index contributed by atoms with van der Waals surface area (Å²) >= 11 is 0. The Kier molecular flexibility index (Phi) is 4.65. The van der Waals surface area contributed by atoms with Gasteiger partial charge in [0.1, 0.15) is 30.2 Å². The number of hydrogen-bond donors (Lipinski definition) is 0. The van der Waals surface area contributed by atoms with Crippen molar-refractivity contribution in [2.24, 2.45) is 5.16 Å². The average molecular weight is 276 g/mol. The van der Waals surface area contributed by atoms with E-state index in [0.717, 1.165) is 12.1 Å². The zero-order valence-corrected chi connectivity index (χ0v) is 10.8. The Morgan fingerprint density at radius 1 is 1.15 bits per heavy atom. The second-order valence-corrected chi connectivity index (χ2v) is 3.91. The fourth-order valence-electron chi connectivity index (χ4n) is 1.56. The highest BCUT2D eigenvalue weighted by Crippen LogP contribution is 2.15. The van der Waals surface area contributed by atoms with Crippen molar-refractivity contribution in [3.8, 4) is 5.75 Å². The minimum Gasteiger partial charge on any atom is -0.496 e. The van der Waals surface area contributed by atoms with Crippen molar-refractivity contribution in [2.45, 2.75) is 6.61 Å². The van der Waals surface area contributed by atoms with E-state index in [0.29, 0.717) is 11.3 Å². The third-order valence-corrected chi connectivity index (χ3v) is 2.57. The molecule has 0 heterocycles.